The maximum atomic E-state index is 13.5. The summed E-state index contributed by atoms with van der Waals surface area (Å²) in [7, 11) is 1.71. The fourth-order valence-electron chi connectivity index (χ4n) is 2.34. The predicted molar refractivity (Wildman–Crippen MR) is 121 cm³/mol. The van der Waals surface area contributed by atoms with Gasteiger partial charge >= 0.3 is 0 Å². The van der Waals surface area contributed by atoms with E-state index in [2.05, 4.69) is 44.7 Å². The van der Waals surface area contributed by atoms with E-state index in [0.29, 0.717) is 36.1 Å². The maximum Gasteiger partial charge on any atom is 0.251 e. The van der Waals surface area contributed by atoms with Crippen molar-refractivity contribution >= 4 is 47.2 Å². The molecule has 0 spiro atoms. The number of rotatable bonds is 7. The summed E-state index contributed by atoms with van der Waals surface area (Å²) >= 11 is 1.69. The van der Waals surface area contributed by atoms with Gasteiger partial charge in [0.25, 0.3) is 5.91 Å². The zero-order chi connectivity index (χ0) is 18.9. The van der Waals surface area contributed by atoms with Gasteiger partial charge in [-0.15, -0.1) is 24.0 Å². The van der Waals surface area contributed by atoms with Crippen LogP contribution in [0.3, 0.4) is 0 Å². The quantitative estimate of drug-likeness (QED) is 0.234. The smallest absolute Gasteiger partial charge is 0.251 e. The number of hydrogen-bond donors (Lipinski definition) is 3. The molecule has 148 valence electrons. The maximum absolute atomic E-state index is 13.5. The lowest BCUT2D eigenvalue weighted by molar-refractivity contribution is 0.0954. The molecule has 0 bridgehead atoms. The number of hydrogen-bond acceptors (Lipinski definition) is 3. The Balaban J connectivity index is 0.00000364. The van der Waals surface area contributed by atoms with E-state index >= 15 is 0 Å². The molecule has 8 heteroatoms. The van der Waals surface area contributed by atoms with Crippen LogP contribution in [-0.2, 0) is 0 Å². The van der Waals surface area contributed by atoms with E-state index in [9.17, 15) is 9.18 Å². The molecular formula is C19H26FIN4OS. The largest absolute Gasteiger partial charge is 0.356 e. The van der Waals surface area contributed by atoms with Crippen molar-refractivity contribution in [3.8, 4) is 0 Å². The van der Waals surface area contributed by atoms with Crippen molar-refractivity contribution in [2.24, 2.45) is 4.99 Å². The third kappa shape index (κ3) is 7.45. The van der Waals surface area contributed by atoms with Crippen LogP contribution in [0.1, 0.15) is 34.3 Å². The average molecular weight is 504 g/mol. The van der Waals surface area contributed by atoms with Gasteiger partial charge < -0.3 is 16.0 Å². The SMILES string of the molecule is CN=C(NCCNC(=O)c1ccc(C)c(F)c1)NCC(C)c1ccsc1.I. The minimum atomic E-state index is -0.375. The number of nitrogens with one attached hydrogen (secondary N) is 3. The monoisotopic (exact) mass is 504 g/mol. The molecule has 3 N–H and O–H groups in total. The molecule has 0 aliphatic heterocycles. The lowest BCUT2D eigenvalue weighted by atomic mass is 10.1. The van der Waals surface area contributed by atoms with Crippen molar-refractivity contribution in [3.05, 3.63) is 57.5 Å². The minimum absolute atomic E-state index is 0. The van der Waals surface area contributed by atoms with Gasteiger partial charge in [-0.05, 0) is 52.9 Å². The Morgan fingerprint density at radius 3 is 2.59 bits per heavy atom. The molecule has 27 heavy (non-hydrogen) atoms. The number of nitrogens with zero attached hydrogens (tertiary/aromatic N) is 1. The first kappa shape index (κ1) is 23.4. The van der Waals surface area contributed by atoms with Crippen LogP contribution in [0.5, 0.6) is 0 Å². The molecule has 2 aromatic rings. The fourth-order valence-corrected chi connectivity index (χ4v) is 3.12. The highest BCUT2D eigenvalue weighted by Crippen LogP contribution is 2.16. The summed E-state index contributed by atoms with van der Waals surface area (Å²) in [6.45, 7) is 5.52. The summed E-state index contributed by atoms with van der Waals surface area (Å²) in [6, 6.07) is 6.59. The van der Waals surface area contributed by atoms with Crippen LogP contribution in [-0.4, -0.2) is 38.5 Å². The Bertz CT molecular complexity index is 752. The van der Waals surface area contributed by atoms with Crippen LogP contribution in [0.4, 0.5) is 4.39 Å². The van der Waals surface area contributed by atoms with E-state index in [4.69, 9.17) is 0 Å². The van der Waals surface area contributed by atoms with E-state index in [1.807, 2.05) is 0 Å². The van der Waals surface area contributed by atoms with Crippen molar-refractivity contribution in [2.75, 3.05) is 26.7 Å². The van der Waals surface area contributed by atoms with Crippen molar-refractivity contribution in [1.29, 1.82) is 0 Å². The molecule has 0 fully saturated rings. The van der Waals surface area contributed by atoms with Gasteiger partial charge in [-0.2, -0.15) is 11.3 Å². The highest BCUT2D eigenvalue weighted by molar-refractivity contribution is 14.0. The first-order chi connectivity index (χ1) is 12.5. The number of guanidine groups is 1. The van der Waals surface area contributed by atoms with Crippen LogP contribution in [0.15, 0.2) is 40.0 Å². The first-order valence-electron chi connectivity index (χ1n) is 8.52. The van der Waals surface area contributed by atoms with Gasteiger partial charge in [-0.3, -0.25) is 9.79 Å². The second kappa shape index (κ2) is 11.9. The third-order valence-electron chi connectivity index (χ3n) is 4.05. The molecule has 0 aliphatic carbocycles. The summed E-state index contributed by atoms with van der Waals surface area (Å²) in [5.74, 6) is 0.401. The summed E-state index contributed by atoms with van der Waals surface area (Å²) < 4.78 is 13.5. The lowest BCUT2D eigenvalue weighted by Crippen LogP contribution is -2.42. The average Bonchev–Trinajstić information content (AvgIpc) is 3.17. The Hall–Kier alpha value is -1.68. The van der Waals surface area contributed by atoms with Gasteiger partial charge in [0, 0.05) is 32.2 Å². The molecule has 1 atom stereocenters. The van der Waals surface area contributed by atoms with Crippen molar-refractivity contribution < 1.29 is 9.18 Å². The van der Waals surface area contributed by atoms with Gasteiger partial charge in [0.1, 0.15) is 5.82 Å². The zero-order valence-corrected chi connectivity index (χ0v) is 18.9. The number of benzene rings is 1. The van der Waals surface area contributed by atoms with Gasteiger partial charge in [-0.25, -0.2) is 4.39 Å². The molecule has 1 amide bonds. The van der Waals surface area contributed by atoms with Crippen molar-refractivity contribution in [1.82, 2.24) is 16.0 Å². The first-order valence-corrected chi connectivity index (χ1v) is 9.46. The van der Waals surface area contributed by atoms with E-state index in [1.54, 1.807) is 37.4 Å². The topological polar surface area (TPSA) is 65.5 Å². The van der Waals surface area contributed by atoms with Crippen molar-refractivity contribution in [2.45, 2.75) is 19.8 Å². The third-order valence-corrected chi connectivity index (χ3v) is 4.75. The summed E-state index contributed by atoms with van der Waals surface area (Å²) in [5.41, 5.74) is 2.14. The van der Waals surface area contributed by atoms with Crippen LogP contribution in [0.2, 0.25) is 0 Å². The Morgan fingerprint density at radius 1 is 1.22 bits per heavy atom. The number of aliphatic imine (C=N–C) groups is 1. The highest BCUT2D eigenvalue weighted by Gasteiger charge is 2.09. The molecule has 2 rings (SSSR count). The molecule has 1 aromatic carbocycles. The number of aryl methyl sites for hydroxylation is 1. The van der Waals surface area contributed by atoms with Gasteiger partial charge in [-0.1, -0.05) is 13.0 Å². The van der Waals surface area contributed by atoms with Crippen LogP contribution in [0, 0.1) is 12.7 Å². The fraction of sp³-hybridized carbons (Fsp3) is 0.368. The Kier molecular flexibility index (Phi) is 10.3. The number of thiophene rings is 1. The number of carbonyl (C=O) groups is 1. The van der Waals surface area contributed by atoms with Crippen molar-refractivity contribution in [3.63, 3.8) is 0 Å². The normalized spacial score (nSPS) is 12.1. The second-order valence-corrected chi connectivity index (χ2v) is 6.84. The Morgan fingerprint density at radius 2 is 1.96 bits per heavy atom. The number of carbonyl (C=O) groups excluding carboxylic acids is 1. The summed E-state index contributed by atoms with van der Waals surface area (Å²) in [6.07, 6.45) is 0. The Labute approximate surface area is 180 Å². The lowest BCUT2D eigenvalue weighted by Gasteiger charge is -2.15. The highest BCUT2D eigenvalue weighted by atomic mass is 127. The van der Waals surface area contributed by atoms with Gasteiger partial charge in [0.2, 0.25) is 0 Å². The minimum Gasteiger partial charge on any atom is -0.356 e. The molecule has 1 unspecified atom stereocenters. The standard InChI is InChI=1S/C19H25FN4OS.HI/c1-13-4-5-15(10-17(13)20)18(25)22-7-8-23-19(21-3)24-11-14(2)16-6-9-26-12-16;/h4-6,9-10,12,14H,7-8,11H2,1-3H3,(H,22,25)(H2,21,23,24);1H. The summed E-state index contributed by atoms with van der Waals surface area (Å²) in [5, 5.41) is 13.4. The predicted octanol–water partition coefficient (Wildman–Crippen LogP) is 3.51. The van der Waals surface area contributed by atoms with Gasteiger partial charge in [0.15, 0.2) is 5.96 Å². The van der Waals surface area contributed by atoms with Crippen LogP contribution in [0.25, 0.3) is 0 Å². The zero-order valence-electron chi connectivity index (χ0n) is 15.7. The van der Waals surface area contributed by atoms with Gasteiger partial charge in [0.05, 0.1) is 0 Å². The molecule has 1 heterocycles. The number of amides is 1. The number of halogens is 2. The molecule has 0 radical (unpaired) electrons. The summed E-state index contributed by atoms with van der Waals surface area (Å²) in [4.78, 5) is 16.2. The molecule has 1 aromatic heterocycles. The van der Waals surface area contributed by atoms with E-state index in [1.165, 1.54) is 11.6 Å². The van der Waals surface area contributed by atoms with Crippen LogP contribution >= 0.6 is 35.3 Å². The van der Waals surface area contributed by atoms with E-state index in [-0.39, 0.29) is 35.7 Å². The molecule has 0 saturated carbocycles. The van der Waals surface area contributed by atoms with E-state index in [0.717, 1.165) is 6.54 Å². The molecule has 0 saturated heterocycles. The molecular weight excluding hydrogens is 478 g/mol. The van der Waals surface area contributed by atoms with Crippen LogP contribution < -0.4 is 16.0 Å². The van der Waals surface area contributed by atoms with E-state index < -0.39 is 0 Å². The molecule has 5 nitrogen and oxygen atoms in total. The second-order valence-electron chi connectivity index (χ2n) is 6.06. The molecule has 0 aliphatic rings.